The van der Waals surface area contributed by atoms with E-state index in [-0.39, 0.29) is 16.8 Å². The average Bonchev–Trinajstić information content (AvgIpc) is 2.69. The second kappa shape index (κ2) is 9.14. The van der Waals surface area contributed by atoms with Crippen LogP contribution in [0, 0.1) is 0 Å². The van der Waals surface area contributed by atoms with Gasteiger partial charge in [-0.15, -0.1) is 0 Å². The summed E-state index contributed by atoms with van der Waals surface area (Å²) in [6.45, 7) is 3.42. The van der Waals surface area contributed by atoms with E-state index in [1.165, 1.54) is 29.6 Å². The van der Waals surface area contributed by atoms with E-state index < -0.39 is 10.0 Å². The Morgan fingerprint density at radius 1 is 1.22 bits per heavy atom. The molecule has 150 valence electrons. The van der Waals surface area contributed by atoms with Crippen LogP contribution >= 0.6 is 0 Å². The van der Waals surface area contributed by atoms with E-state index in [2.05, 4.69) is 10.6 Å². The number of hydrogen-bond donors (Lipinski definition) is 2. The molecular formula is C19H30N3O4S+. The molecule has 3 rings (SSSR count). The highest BCUT2D eigenvalue weighted by Crippen LogP contribution is 2.20. The maximum atomic E-state index is 12.8. The predicted octanol–water partition coefficient (Wildman–Crippen LogP) is 0.931. The summed E-state index contributed by atoms with van der Waals surface area (Å²) < 4.78 is 32.2. The number of anilines is 1. The summed E-state index contributed by atoms with van der Waals surface area (Å²) in [4.78, 5) is 12.7. The number of sulfonamides is 1. The number of quaternary nitrogens is 1. The summed E-state index contributed by atoms with van der Waals surface area (Å²) in [5.41, 5.74) is 0.512. The van der Waals surface area contributed by atoms with Crippen LogP contribution in [0.3, 0.4) is 0 Å². The summed E-state index contributed by atoms with van der Waals surface area (Å²) in [6, 6.07) is 6.80. The molecule has 0 spiro atoms. The van der Waals surface area contributed by atoms with Gasteiger partial charge >= 0.3 is 0 Å². The fraction of sp³-hybridized carbons (Fsp3) is 0.632. The highest BCUT2D eigenvalue weighted by molar-refractivity contribution is 7.89. The van der Waals surface area contributed by atoms with Crippen molar-refractivity contribution in [3.8, 4) is 0 Å². The van der Waals surface area contributed by atoms with Crippen LogP contribution in [-0.4, -0.2) is 57.0 Å². The van der Waals surface area contributed by atoms with Gasteiger partial charge in [-0.05, 0) is 50.8 Å². The summed E-state index contributed by atoms with van der Waals surface area (Å²) in [6.07, 6.45) is 6.07. The fourth-order valence-electron chi connectivity index (χ4n) is 3.75. The molecule has 1 aliphatic carbocycles. The van der Waals surface area contributed by atoms with Crippen molar-refractivity contribution in [2.75, 3.05) is 31.6 Å². The molecule has 1 aromatic carbocycles. The van der Waals surface area contributed by atoms with Crippen LogP contribution in [0.25, 0.3) is 0 Å². The van der Waals surface area contributed by atoms with Crippen molar-refractivity contribution in [2.24, 2.45) is 0 Å². The Labute approximate surface area is 161 Å². The molecule has 0 bridgehead atoms. The number of nitrogens with two attached hydrogens (primary N) is 1. The monoisotopic (exact) mass is 396 g/mol. The molecule has 3 N–H and O–H groups in total. The average molecular weight is 397 g/mol. The third-order valence-corrected chi connectivity index (χ3v) is 7.23. The molecule has 27 heavy (non-hydrogen) atoms. The van der Waals surface area contributed by atoms with Gasteiger partial charge in [0.05, 0.1) is 24.2 Å². The first-order valence-electron chi connectivity index (χ1n) is 9.80. The molecule has 1 saturated carbocycles. The van der Waals surface area contributed by atoms with E-state index in [4.69, 9.17) is 4.74 Å². The number of benzene rings is 1. The van der Waals surface area contributed by atoms with E-state index in [1.54, 1.807) is 18.2 Å². The molecule has 7 nitrogen and oxygen atoms in total. The van der Waals surface area contributed by atoms with Gasteiger partial charge in [0.2, 0.25) is 10.0 Å². The first-order chi connectivity index (χ1) is 13.0. The molecule has 1 atom stereocenters. The summed E-state index contributed by atoms with van der Waals surface area (Å²) in [7, 11) is -3.57. The summed E-state index contributed by atoms with van der Waals surface area (Å²) in [5, 5.41) is 5.01. The second-order valence-electron chi connectivity index (χ2n) is 7.41. The van der Waals surface area contributed by atoms with Crippen LogP contribution in [-0.2, 0) is 19.6 Å². The Morgan fingerprint density at radius 3 is 2.63 bits per heavy atom. The van der Waals surface area contributed by atoms with Crippen LogP contribution < -0.4 is 10.6 Å². The van der Waals surface area contributed by atoms with E-state index in [0.717, 1.165) is 12.8 Å². The van der Waals surface area contributed by atoms with Gasteiger partial charge in [0.1, 0.15) is 0 Å². The first-order valence-corrected chi connectivity index (χ1v) is 11.2. The third-order valence-electron chi connectivity index (χ3n) is 5.33. The Kier molecular flexibility index (Phi) is 6.86. The smallest absolute Gasteiger partial charge is 0.282 e. The minimum absolute atomic E-state index is 0.0958. The molecule has 1 amide bonds. The standard InChI is InChI=1S/C19H29N3O4S/c1-15(20-16-6-3-2-4-7-16)19(23)21-17-8-5-9-18(14-17)27(24,25)22-10-12-26-13-11-22/h5,8-9,14-16,20H,2-4,6-7,10-13H2,1H3,(H,21,23)/p+1/t15-/m0/s1. The lowest BCUT2D eigenvalue weighted by molar-refractivity contribution is -0.708. The lowest BCUT2D eigenvalue weighted by Gasteiger charge is -2.26. The number of hydrogen-bond acceptors (Lipinski definition) is 4. The third kappa shape index (κ3) is 5.28. The zero-order valence-corrected chi connectivity index (χ0v) is 16.7. The van der Waals surface area contributed by atoms with Crippen molar-refractivity contribution < 1.29 is 23.3 Å². The Balaban J connectivity index is 1.63. The molecule has 8 heteroatoms. The van der Waals surface area contributed by atoms with E-state index in [1.807, 2.05) is 6.92 Å². The number of carbonyl (C=O) groups excluding carboxylic acids is 1. The van der Waals surface area contributed by atoms with Gasteiger partial charge in [0, 0.05) is 18.8 Å². The van der Waals surface area contributed by atoms with Crippen molar-refractivity contribution in [3.63, 3.8) is 0 Å². The summed E-state index contributed by atoms with van der Waals surface area (Å²) >= 11 is 0. The minimum Gasteiger partial charge on any atom is -0.379 e. The summed E-state index contributed by atoms with van der Waals surface area (Å²) in [5.74, 6) is -0.0958. The van der Waals surface area contributed by atoms with Gasteiger partial charge < -0.3 is 15.4 Å². The molecular weight excluding hydrogens is 366 g/mol. The van der Waals surface area contributed by atoms with E-state index in [0.29, 0.717) is 38.0 Å². The number of ether oxygens (including phenoxy) is 1. The van der Waals surface area contributed by atoms with E-state index in [9.17, 15) is 13.2 Å². The first kappa shape index (κ1) is 20.3. The second-order valence-corrected chi connectivity index (χ2v) is 9.35. The number of nitrogens with one attached hydrogen (secondary N) is 1. The van der Waals surface area contributed by atoms with Gasteiger partial charge in [-0.2, -0.15) is 4.31 Å². The van der Waals surface area contributed by atoms with Crippen LogP contribution in [0.2, 0.25) is 0 Å². The highest BCUT2D eigenvalue weighted by atomic mass is 32.2. The fourth-order valence-corrected chi connectivity index (χ4v) is 5.20. The Bertz CT molecular complexity index is 741. The molecule has 0 radical (unpaired) electrons. The van der Waals surface area contributed by atoms with Crippen molar-refractivity contribution in [3.05, 3.63) is 24.3 Å². The van der Waals surface area contributed by atoms with E-state index >= 15 is 0 Å². The number of carbonyl (C=O) groups is 1. The van der Waals surface area contributed by atoms with Gasteiger partial charge in [-0.25, -0.2) is 8.42 Å². The SMILES string of the molecule is C[C@H]([NH2+]C1CCCCC1)C(=O)Nc1cccc(S(=O)(=O)N2CCOCC2)c1. The lowest BCUT2D eigenvalue weighted by atomic mass is 9.95. The lowest BCUT2D eigenvalue weighted by Crippen LogP contribution is -2.96. The van der Waals surface area contributed by atoms with Crippen LogP contribution in [0.4, 0.5) is 5.69 Å². The maximum absolute atomic E-state index is 12.8. The van der Waals surface area contributed by atoms with Crippen molar-refractivity contribution in [2.45, 2.75) is 56.0 Å². The molecule has 1 aromatic rings. The highest BCUT2D eigenvalue weighted by Gasteiger charge is 2.27. The zero-order valence-electron chi connectivity index (χ0n) is 15.9. The molecule has 0 aromatic heterocycles. The Hall–Kier alpha value is -1.48. The van der Waals surface area contributed by atoms with Crippen LogP contribution in [0.1, 0.15) is 39.0 Å². The van der Waals surface area contributed by atoms with Crippen LogP contribution in [0.15, 0.2) is 29.2 Å². The van der Waals surface area contributed by atoms with Gasteiger partial charge in [-0.3, -0.25) is 4.79 Å². The van der Waals surface area contributed by atoms with Crippen molar-refractivity contribution in [1.82, 2.24) is 4.31 Å². The Morgan fingerprint density at radius 2 is 1.93 bits per heavy atom. The van der Waals surface area contributed by atoms with Gasteiger partial charge in [0.15, 0.2) is 6.04 Å². The molecule has 1 heterocycles. The zero-order chi connectivity index (χ0) is 19.3. The minimum atomic E-state index is -3.57. The topological polar surface area (TPSA) is 92.3 Å². The largest absolute Gasteiger partial charge is 0.379 e. The number of amides is 1. The van der Waals surface area contributed by atoms with Crippen molar-refractivity contribution in [1.29, 1.82) is 0 Å². The number of morpholine rings is 1. The normalized spacial score (nSPS) is 20.9. The van der Waals surface area contributed by atoms with Gasteiger partial charge in [-0.1, -0.05) is 12.5 Å². The quantitative estimate of drug-likeness (QED) is 0.748. The molecule has 0 unspecified atom stereocenters. The predicted molar refractivity (Wildman–Crippen MR) is 103 cm³/mol. The maximum Gasteiger partial charge on any atom is 0.282 e. The molecule has 1 aliphatic heterocycles. The number of nitrogens with zero attached hydrogens (tertiary/aromatic N) is 1. The van der Waals surface area contributed by atoms with Gasteiger partial charge in [0.25, 0.3) is 5.91 Å². The molecule has 2 fully saturated rings. The van der Waals surface area contributed by atoms with Crippen molar-refractivity contribution >= 4 is 21.6 Å². The molecule has 2 aliphatic rings. The number of rotatable bonds is 6. The van der Waals surface area contributed by atoms with Crippen LogP contribution in [0.5, 0.6) is 0 Å². The molecule has 1 saturated heterocycles.